The van der Waals surface area contributed by atoms with E-state index in [-0.39, 0.29) is 36.2 Å². The lowest BCUT2D eigenvalue weighted by Crippen LogP contribution is -2.50. The molecule has 0 spiro atoms. The fourth-order valence-corrected chi connectivity index (χ4v) is 4.83. The fraction of sp³-hybridized carbons (Fsp3) is 0.696. The van der Waals surface area contributed by atoms with Gasteiger partial charge in [0.1, 0.15) is 6.10 Å². The van der Waals surface area contributed by atoms with Crippen molar-refractivity contribution in [2.75, 3.05) is 52.5 Å². The van der Waals surface area contributed by atoms with Gasteiger partial charge in [-0.25, -0.2) is 0 Å². The second-order valence-electron chi connectivity index (χ2n) is 8.61. The number of halogens is 1. The highest BCUT2D eigenvalue weighted by molar-refractivity contribution is 14.0. The van der Waals surface area contributed by atoms with Gasteiger partial charge in [0.2, 0.25) is 0 Å². The SMILES string of the molecule is CCNC(=NCC1CN2CCCC2CO1)N1CCOC(c2ccc(C)cc2C)C1.I. The molecule has 0 aliphatic carbocycles. The molecule has 3 fully saturated rings. The Morgan fingerprint density at radius 1 is 1.20 bits per heavy atom. The molecule has 3 saturated heterocycles. The van der Waals surface area contributed by atoms with E-state index < -0.39 is 0 Å². The number of ether oxygens (including phenoxy) is 2. The van der Waals surface area contributed by atoms with Crippen molar-refractivity contribution in [1.29, 1.82) is 0 Å². The molecule has 3 atom stereocenters. The number of guanidine groups is 1. The topological polar surface area (TPSA) is 49.3 Å². The van der Waals surface area contributed by atoms with E-state index in [2.05, 4.69) is 54.1 Å². The molecule has 3 aliphatic heterocycles. The first-order valence-corrected chi connectivity index (χ1v) is 11.2. The van der Waals surface area contributed by atoms with Crippen LogP contribution in [-0.4, -0.2) is 80.4 Å². The van der Waals surface area contributed by atoms with Gasteiger partial charge in [-0.1, -0.05) is 23.8 Å². The maximum absolute atomic E-state index is 6.13. The molecule has 0 radical (unpaired) electrons. The van der Waals surface area contributed by atoms with Crippen LogP contribution in [-0.2, 0) is 9.47 Å². The maximum Gasteiger partial charge on any atom is 0.194 e. The van der Waals surface area contributed by atoms with Crippen LogP contribution in [0.2, 0.25) is 0 Å². The van der Waals surface area contributed by atoms with E-state index in [1.807, 2.05) is 0 Å². The van der Waals surface area contributed by atoms with Crippen LogP contribution in [0, 0.1) is 13.8 Å². The average Bonchev–Trinajstić information content (AvgIpc) is 3.19. The third-order valence-corrected chi connectivity index (χ3v) is 6.38. The zero-order valence-corrected chi connectivity index (χ0v) is 20.9. The number of rotatable bonds is 4. The molecule has 0 bridgehead atoms. The Kier molecular flexibility index (Phi) is 8.80. The Labute approximate surface area is 198 Å². The summed E-state index contributed by atoms with van der Waals surface area (Å²) in [7, 11) is 0. The van der Waals surface area contributed by atoms with Gasteiger partial charge in [0.15, 0.2) is 5.96 Å². The van der Waals surface area contributed by atoms with Gasteiger partial charge in [-0.05, 0) is 51.3 Å². The van der Waals surface area contributed by atoms with E-state index >= 15 is 0 Å². The number of aryl methyl sites for hydroxylation is 2. The summed E-state index contributed by atoms with van der Waals surface area (Å²) in [4.78, 5) is 9.89. The summed E-state index contributed by atoms with van der Waals surface area (Å²) >= 11 is 0. The normalized spacial score (nSPS) is 27.5. The highest BCUT2D eigenvalue weighted by atomic mass is 127. The highest BCUT2D eigenvalue weighted by Gasteiger charge is 2.32. The number of nitrogens with one attached hydrogen (secondary N) is 1. The minimum absolute atomic E-state index is 0. The molecular weight excluding hydrogens is 491 g/mol. The van der Waals surface area contributed by atoms with Gasteiger partial charge in [-0.3, -0.25) is 9.89 Å². The largest absolute Gasteiger partial charge is 0.373 e. The lowest BCUT2D eigenvalue weighted by Gasteiger charge is -2.37. The predicted octanol–water partition coefficient (Wildman–Crippen LogP) is 3.12. The van der Waals surface area contributed by atoms with Crippen molar-refractivity contribution < 1.29 is 9.47 Å². The first-order valence-electron chi connectivity index (χ1n) is 11.2. The molecule has 1 aromatic carbocycles. The van der Waals surface area contributed by atoms with Gasteiger partial charge >= 0.3 is 0 Å². The number of benzene rings is 1. The first kappa shape index (κ1) is 23.8. The first-order chi connectivity index (χ1) is 14.1. The van der Waals surface area contributed by atoms with Crippen LogP contribution < -0.4 is 5.32 Å². The van der Waals surface area contributed by atoms with Gasteiger partial charge in [0.25, 0.3) is 0 Å². The Morgan fingerprint density at radius 3 is 2.87 bits per heavy atom. The molecule has 0 aromatic heterocycles. The number of fused-ring (bicyclic) bond motifs is 1. The van der Waals surface area contributed by atoms with Crippen LogP contribution in [0.4, 0.5) is 0 Å². The molecule has 168 valence electrons. The molecule has 30 heavy (non-hydrogen) atoms. The molecule has 1 N–H and O–H groups in total. The van der Waals surface area contributed by atoms with E-state index in [1.165, 1.54) is 36.1 Å². The quantitative estimate of drug-likeness (QED) is 0.370. The van der Waals surface area contributed by atoms with Crippen LogP contribution in [0.3, 0.4) is 0 Å². The minimum Gasteiger partial charge on any atom is -0.373 e. The van der Waals surface area contributed by atoms with Crippen molar-refractivity contribution in [3.63, 3.8) is 0 Å². The molecule has 7 heteroatoms. The summed E-state index contributed by atoms with van der Waals surface area (Å²) < 4.78 is 12.2. The molecule has 3 heterocycles. The van der Waals surface area contributed by atoms with E-state index in [0.717, 1.165) is 51.9 Å². The third-order valence-electron chi connectivity index (χ3n) is 6.38. The van der Waals surface area contributed by atoms with Crippen molar-refractivity contribution in [2.24, 2.45) is 4.99 Å². The summed E-state index contributed by atoms with van der Waals surface area (Å²) in [5.74, 6) is 0.984. The number of hydrogen-bond acceptors (Lipinski definition) is 4. The fourth-order valence-electron chi connectivity index (χ4n) is 4.83. The van der Waals surface area contributed by atoms with Crippen LogP contribution in [0.5, 0.6) is 0 Å². The smallest absolute Gasteiger partial charge is 0.194 e. The Balaban J connectivity index is 0.00000256. The summed E-state index contributed by atoms with van der Waals surface area (Å²) in [6.45, 7) is 13.5. The van der Waals surface area contributed by atoms with E-state index in [4.69, 9.17) is 14.5 Å². The number of nitrogens with zero attached hydrogens (tertiary/aromatic N) is 3. The molecule has 4 rings (SSSR count). The minimum atomic E-state index is 0. The number of morpholine rings is 2. The van der Waals surface area contributed by atoms with Gasteiger partial charge in [0, 0.05) is 25.7 Å². The van der Waals surface area contributed by atoms with Crippen molar-refractivity contribution in [2.45, 2.75) is 51.9 Å². The van der Waals surface area contributed by atoms with E-state index in [9.17, 15) is 0 Å². The molecule has 0 saturated carbocycles. The lowest BCUT2D eigenvalue weighted by atomic mass is 10.00. The van der Waals surface area contributed by atoms with Gasteiger partial charge in [0.05, 0.1) is 32.4 Å². The zero-order chi connectivity index (χ0) is 20.2. The van der Waals surface area contributed by atoms with Gasteiger partial charge in [-0.2, -0.15) is 0 Å². The summed E-state index contributed by atoms with van der Waals surface area (Å²) in [6, 6.07) is 7.27. The summed E-state index contributed by atoms with van der Waals surface area (Å²) in [5, 5.41) is 3.49. The van der Waals surface area contributed by atoms with Gasteiger partial charge < -0.3 is 19.7 Å². The second kappa shape index (κ2) is 11.1. The zero-order valence-electron chi connectivity index (χ0n) is 18.6. The van der Waals surface area contributed by atoms with Crippen molar-refractivity contribution >= 4 is 29.9 Å². The van der Waals surface area contributed by atoms with Crippen molar-refractivity contribution in [3.05, 3.63) is 34.9 Å². The molecule has 3 unspecified atom stereocenters. The standard InChI is InChI=1S/C23H36N4O2.HI/c1-4-24-23(25-13-20-14-26-9-5-6-19(26)16-29-20)27-10-11-28-22(15-27)21-8-7-17(2)12-18(21)3;/h7-8,12,19-20,22H,4-6,9-11,13-16H2,1-3H3,(H,24,25);1H. The Bertz CT molecular complexity index is 729. The molecule has 3 aliphatic rings. The second-order valence-corrected chi connectivity index (χ2v) is 8.61. The summed E-state index contributed by atoms with van der Waals surface area (Å²) in [6.07, 6.45) is 2.88. The van der Waals surface area contributed by atoms with Crippen LogP contribution in [0.15, 0.2) is 23.2 Å². The molecule has 6 nitrogen and oxygen atoms in total. The Morgan fingerprint density at radius 2 is 2.07 bits per heavy atom. The van der Waals surface area contributed by atoms with Crippen LogP contribution in [0.1, 0.15) is 42.6 Å². The van der Waals surface area contributed by atoms with Crippen LogP contribution >= 0.6 is 24.0 Å². The van der Waals surface area contributed by atoms with Gasteiger partial charge in [-0.15, -0.1) is 24.0 Å². The maximum atomic E-state index is 6.13. The predicted molar refractivity (Wildman–Crippen MR) is 132 cm³/mol. The Hall–Kier alpha value is -0.900. The van der Waals surface area contributed by atoms with E-state index in [0.29, 0.717) is 6.04 Å². The van der Waals surface area contributed by atoms with E-state index in [1.54, 1.807) is 0 Å². The van der Waals surface area contributed by atoms with Crippen molar-refractivity contribution in [3.8, 4) is 0 Å². The number of hydrogen-bond donors (Lipinski definition) is 1. The number of aliphatic imine (C=N–C) groups is 1. The monoisotopic (exact) mass is 528 g/mol. The van der Waals surface area contributed by atoms with Crippen molar-refractivity contribution in [1.82, 2.24) is 15.1 Å². The molecular formula is C23H37IN4O2. The average molecular weight is 528 g/mol. The lowest BCUT2D eigenvalue weighted by molar-refractivity contribution is -0.0435. The highest BCUT2D eigenvalue weighted by Crippen LogP contribution is 2.26. The molecule has 1 aromatic rings. The van der Waals surface area contributed by atoms with Crippen LogP contribution in [0.25, 0.3) is 0 Å². The molecule has 0 amide bonds. The third kappa shape index (κ3) is 5.66. The summed E-state index contributed by atoms with van der Waals surface area (Å²) in [5.41, 5.74) is 3.88.